The fourth-order valence-electron chi connectivity index (χ4n) is 2.69. The van der Waals surface area contributed by atoms with Gasteiger partial charge in [-0.2, -0.15) is 13.2 Å². The minimum Gasteiger partial charge on any atom is -0.379 e. The molecule has 2 N–H and O–H groups in total. The Morgan fingerprint density at radius 2 is 1.84 bits per heavy atom. The van der Waals surface area contributed by atoms with Crippen LogP contribution in [0.4, 0.5) is 13.2 Å². The fraction of sp³-hybridized carbons (Fsp3) is 0.938. The Kier molecular flexibility index (Phi) is 12.8. The van der Waals surface area contributed by atoms with Crippen molar-refractivity contribution in [1.82, 2.24) is 15.5 Å². The molecule has 0 radical (unpaired) electrons. The number of ether oxygens (including phenoxy) is 1. The van der Waals surface area contributed by atoms with Crippen LogP contribution in [0.2, 0.25) is 0 Å². The number of alkyl halides is 3. The number of rotatable bonds is 8. The Morgan fingerprint density at radius 1 is 1.20 bits per heavy atom. The second-order valence-electron chi connectivity index (χ2n) is 6.44. The van der Waals surface area contributed by atoms with Gasteiger partial charge in [-0.15, -0.1) is 24.0 Å². The number of nitrogens with one attached hydrogen (secondary N) is 2. The smallest absolute Gasteiger partial charge is 0.379 e. The number of hydrogen-bond donors (Lipinski definition) is 2. The second kappa shape index (κ2) is 13.0. The average molecular weight is 480 g/mol. The third kappa shape index (κ3) is 11.8. The van der Waals surface area contributed by atoms with E-state index >= 15 is 0 Å². The summed E-state index contributed by atoms with van der Waals surface area (Å²) in [7, 11) is 0. The lowest BCUT2D eigenvalue weighted by molar-refractivity contribution is -0.132. The van der Waals surface area contributed by atoms with Gasteiger partial charge in [0.05, 0.1) is 26.2 Å². The van der Waals surface area contributed by atoms with Gasteiger partial charge < -0.3 is 15.4 Å². The van der Waals surface area contributed by atoms with Crippen molar-refractivity contribution in [2.45, 2.75) is 45.8 Å². The average Bonchev–Trinajstić information content (AvgIpc) is 2.50. The van der Waals surface area contributed by atoms with Gasteiger partial charge in [0.15, 0.2) is 5.96 Å². The quantitative estimate of drug-likeness (QED) is 0.319. The van der Waals surface area contributed by atoms with Crippen LogP contribution in [0.15, 0.2) is 4.99 Å². The van der Waals surface area contributed by atoms with Gasteiger partial charge in [0, 0.05) is 32.2 Å². The summed E-state index contributed by atoms with van der Waals surface area (Å²) >= 11 is 0. The topological polar surface area (TPSA) is 48.9 Å². The van der Waals surface area contributed by atoms with Crippen LogP contribution in [0.1, 0.15) is 33.6 Å². The Labute approximate surface area is 166 Å². The summed E-state index contributed by atoms with van der Waals surface area (Å²) in [4.78, 5) is 6.87. The number of morpholine rings is 1. The SMILES string of the molecule is CCNC(=NCC(CC(C)C)N1CCOCC1)NCCC(F)(F)F.I. The molecule has 9 heteroatoms. The molecule has 1 rings (SSSR count). The van der Waals surface area contributed by atoms with Crippen LogP contribution in [-0.2, 0) is 4.74 Å². The second-order valence-corrected chi connectivity index (χ2v) is 6.44. The van der Waals surface area contributed by atoms with Gasteiger partial charge in [0.1, 0.15) is 0 Å². The first-order chi connectivity index (χ1) is 11.3. The summed E-state index contributed by atoms with van der Waals surface area (Å²) < 4.78 is 42.2. The lowest BCUT2D eigenvalue weighted by Crippen LogP contribution is -2.46. The molecule has 0 aromatic rings. The molecule has 1 atom stereocenters. The molecule has 1 heterocycles. The summed E-state index contributed by atoms with van der Waals surface area (Å²) in [5.74, 6) is 0.984. The number of hydrogen-bond acceptors (Lipinski definition) is 3. The molecular formula is C16H32F3IN4O. The summed E-state index contributed by atoms with van der Waals surface area (Å²) in [5, 5.41) is 5.77. The standard InChI is InChI=1S/C16H31F3N4O.HI/c1-4-20-15(21-6-5-16(17,18)19)22-12-14(11-13(2)3)23-7-9-24-10-8-23;/h13-14H,4-12H2,1-3H3,(H2,20,21,22);1H. The van der Waals surface area contributed by atoms with Gasteiger partial charge in [0.25, 0.3) is 0 Å². The van der Waals surface area contributed by atoms with E-state index in [1.165, 1.54) is 0 Å². The van der Waals surface area contributed by atoms with Gasteiger partial charge in [0.2, 0.25) is 0 Å². The predicted molar refractivity (Wildman–Crippen MR) is 106 cm³/mol. The van der Waals surface area contributed by atoms with Crippen LogP contribution < -0.4 is 10.6 Å². The summed E-state index contributed by atoms with van der Waals surface area (Å²) in [6, 6.07) is 0.284. The first kappa shape index (κ1) is 24.7. The van der Waals surface area contributed by atoms with E-state index < -0.39 is 12.6 Å². The van der Waals surface area contributed by atoms with Gasteiger partial charge in [-0.3, -0.25) is 9.89 Å². The van der Waals surface area contributed by atoms with Crippen LogP contribution in [0.25, 0.3) is 0 Å². The van der Waals surface area contributed by atoms with E-state index in [9.17, 15) is 13.2 Å². The highest BCUT2D eigenvalue weighted by Gasteiger charge is 2.26. The van der Waals surface area contributed by atoms with Crippen molar-refractivity contribution >= 4 is 29.9 Å². The molecule has 150 valence electrons. The van der Waals surface area contributed by atoms with Crippen LogP contribution in [0.3, 0.4) is 0 Å². The zero-order chi connectivity index (χ0) is 18.0. The third-order valence-electron chi connectivity index (χ3n) is 3.81. The molecule has 5 nitrogen and oxygen atoms in total. The van der Waals surface area contributed by atoms with E-state index in [-0.39, 0.29) is 36.6 Å². The van der Waals surface area contributed by atoms with Crippen molar-refractivity contribution in [3.8, 4) is 0 Å². The zero-order valence-electron chi connectivity index (χ0n) is 15.4. The Balaban J connectivity index is 0.00000576. The zero-order valence-corrected chi connectivity index (χ0v) is 17.7. The Morgan fingerprint density at radius 3 is 2.36 bits per heavy atom. The number of aliphatic imine (C=N–C) groups is 1. The molecule has 1 unspecified atom stereocenters. The summed E-state index contributed by atoms with van der Waals surface area (Å²) in [6.07, 6.45) is -4.01. The molecule has 1 aliphatic heterocycles. The summed E-state index contributed by atoms with van der Waals surface area (Å²) in [6.45, 7) is 10.5. The Bertz CT molecular complexity index is 375. The molecule has 0 spiro atoms. The monoisotopic (exact) mass is 480 g/mol. The molecule has 0 aliphatic carbocycles. The molecule has 0 amide bonds. The van der Waals surface area contributed by atoms with E-state index in [1.54, 1.807) is 0 Å². The third-order valence-corrected chi connectivity index (χ3v) is 3.81. The highest BCUT2D eigenvalue weighted by Crippen LogP contribution is 2.18. The van der Waals surface area contributed by atoms with Crippen molar-refractivity contribution < 1.29 is 17.9 Å². The molecule has 1 saturated heterocycles. The first-order valence-corrected chi connectivity index (χ1v) is 8.72. The van der Waals surface area contributed by atoms with Crippen molar-refractivity contribution in [1.29, 1.82) is 0 Å². The maximum absolute atomic E-state index is 12.3. The van der Waals surface area contributed by atoms with Gasteiger partial charge in [-0.1, -0.05) is 13.8 Å². The number of guanidine groups is 1. The number of nitrogens with zero attached hydrogens (tertiary/aromatic N) is 2. The van der Waals surface area contributed by atoms with E-state index in [4.69, 9.17) is 4.74 Å². The van der Waals surface area contributed by atoms with E-state index in [1.807, 2.05) is 6.92 Å². The van der Waals surface area contributed by atoms with Crippen LogP contribution in [-0.4, -0.2) is 69.0 Å². The molecule has 0 saturated carbocycles. The van der Waals surface area contributed by atoms with Gasteiger partial charge in [-0.25, -0.2) is 0 Å². The molecule has 0 aromatic heterocycles. The van der Waals surface area contributed by atoms with Crippen molar-refractivity contribution in [2.75, 3.05) is 45.9 Å². The van der Waals surface area contributed by atoms with Crippen molar-refractivity contribution in [3.63, 3.8) is 0 Å². The highest BCUT2D eigenvalue weighted by molar-refractivity contribution is 14.0. The number of halogens is 4. The lowest BCUT2D eigenvalue weighted by Gasteiger charge is -2.34. The van der Waals surface area contributed by atoms with Crippen LogP contribution in [0.5, 0.6) is 0 Å². The molecular weight excluding hydrogens is 448 g/mol. The van der Waals surface area contributed by atoms with Crippen molar-refractivity contribution in [3.05, 3.63) is 0 Å². The van der Waals surface area contributed by atoms with Crippen LogP contribution >= 0.6 is 24.0 Å². The molecule has 25 heavy (non-hydrogen) atoms. The minimum absolute atomic E-state index is 0. The highest BCUT2D eigenvalue weighted by atomic mass is 127. The van der Waals surface area contributed by atoms with Gasteiger partial charge in [-0.05, 0) is 19.3 Å². The Hall–Kier alpha value is -0.290. The maximum atomic E-state index is 12.3. The molecule has 0 aromatic carbocycles. The van der Waals surface area contributed by atoms with Crippen molar-refractivity contribution in [2.24, 2.45) is 10.9 Å². The summed E-state index contributed by atoms with van der Waals surface area (Å²) in [5.41, 5.74) is 0. The fourth-order valence-corrected chi connectivity index (χ4v) is 2.69. The predicted octanol–water partition coefficient (Wildman–Crippen LogP) is 2.86. The van der Waals surface area contributed by atoms with Crippen LogP contribution in [0, 0.1) is 5.92 Å². The largest absolute Gasteiger partial charge is 0.390 e. The molecule has 1 aliphatic rings. The molecule has 0 bridgehead atoms. The lowest BCUT2D eigenvalue weighted by atomic mass is 10.0. The molecule has 1 fully saturated rings. The minimum atomic E-state index is -4.15. The van der Waals surface area contributed by atoms with E-state index in [0.29, 0.717) is 25.0 Å². The maximum Gasteiger partial charge on any atom is 0.390 e. The van der Waals surface area contributed by atoms with E-state index in [2.05, 4.69) is 34.4 Å². The normalized spacial score (nSPS) is 18.0. The first-order valence-electron chi connectivity index (χ1n) is 8.72. The van der Waals surface area contributed by atoms with Gasteiger partial charge >= 0.3 is 6.18 Å². The van der Waals surface area contributed by atoms with E-state index in [0.717, 1.165) is 32.7 Å².